The van der Waals surface area contributed by atoms with Gasteiger partial charge in [-0.2, -0.15) is 8.42 Å². The Morgan fingerprint density at radius 1 is 1.12 bits per heavy atom. The number of nitrogens with one attached hydrogen (secondary N) is 1. The molecule has 2 aliphatic rings. The standard InChI is InChI=1S/C22H24N2O7S/c1-4-31-20-11-17-16(10-19(20)30-3)22(25)24-12-14(13-5-7-15(29-2)8-6-13)9-18(24)21(23-17)32(26,27)28/h5-8,10-12,18,21,23H,4,9H2,1-3H3,(H,26,27,28)/t18-,21?/m0/s1. The van der Waals surface area contributed by atoms with Gasteiger partial charge in [-0.3, -0.25) is 9.35 Å². The van der Waals surface area contributed by atoms with Crippen LogP contribution >= 0.6 is 0 Å². The zero-order valence-electron chi connectivity index (χ0n) is 17.9. The average molecular weight is 461 g/mol. The van der Waals surface area contributed by atoms with Gasteiger partial charge in [0.1, 0.15) is 5.75 Å². The van der Waals surface area contributed by atoms with E-state index in [4.69, 9.17) is 14.2 Å². The first-order valence-electron chi connectivity index (χ1n) is 10.0. The van der Waals surface area contributed by atoms with Crippen LogP contribution in [-0.2, 0) is 10.1 Å². The van der Waals surface area contributed by atoms with E-state index in [-0.39, 0.29) is 17.7 Å². The van der Waals surface area contributed by atoms with Gasteiger partial charge >= 0.3 is 0 Å². The average Bonchev–Trinajstić information content (AvgIpc) is 3.17. The Morgan fingerprint density at radius 3 is 2.44 bits per heavy atom. The highest BCUT2D eigenvalue weighted by Gasteiger charge is 2.45. The maximum Gasteiger partial charge on any atom is 0.288 e. The third kappa shape index (κ3) is 3.87. The summed E-state index contributed by atoms with van der Waals surface area (Å²) in [7, 11) is -1.53. The van der Waals surface area contributed by atoms with Gasteiger partial charge < -0.3 is 24.4 Å². The number of methoxy groups -OCH3 is 2. The summed E-state index contributed by atoms with van der Waals surface area (Å²) in [6.45, 7) is 2.15. The molecule has 2 aliphatic heterocycles. The van der Waals surface area contributed by atoms with Crippen molar-refractivity contribution in [3.05, 3.63) is 53.7 Å². The summed E-state index contributed by atoms with van der Waals surface area (Å²) in [6.07, 6.45) is 1.87. The predicted octanol–water partition coefficient (Wildman–Crippen LogP) is 3.00. The van der Waals surface area contributed by atoms with Crippen LogP contribution in [0, 0.1) is 0 Å². The topological polar surface area (TPSA) is 114 Å². The van der Waals surface area contributed by atoms with Crippen molar-refractivity contribution in [3.8, 4) is 17.2 Å². The normalized spacial score (nSPS) is 19.9. The molecular formula is C22H24N2O7S. The zero-order chi connectivity index (χ0) is 23.0. The molecule has 4 rings (SSSR count). The van der Waals surface area contributed by atoms with Crippen molar-refractivity contribution in [2.75, 3.05) is 26.1 Å². The van der Waals surface area contributed by atoms with E-state index in [9.17, 15) is 17.8 Å². The molecule has 2 N–H and O–H groups in total. The minimum atomic E-state index is -4.56. The first-order chi connectivity index (χ1) is 15.3. The molecule has 0 bridgehead atoms. The summed E-state index contributed by atoms with van der Waals surface area (Å²) >= 11 is 0. The van der Waals surface area contributed by atoms with E-state index in [0.29, 0.717) is 23.9 Å². The van der Waals surface area contributed by atoms with E-state index in [1.807, 2.05) is 12.1 Å². The maximum absolute atomic E-state index is 13.5. The number of ether oxygens (including phenoxy) is 3. The van der Waals surface area contributed by atoms with Crippen molar-refractivity contribution in [1.29, 1.82) is 0 Å². The maximum atomic E-state index is 13.5. The van der Waals surface area contributed by atoms with Crippen molar-refractivity contribution < 1.29 is 32.0 Å². The lowest BCUT2D eigenvalue weighted by Crippen LogP contribution is -2.46. The fraction of sp³-hybridized carbons (Fsp3) is 0.318. The molecule has 1 unspecified atom stereocenters. The lowest BCUT2D eigenvalue weighted by atomic mass is 10.0. The van der Waals surface area contributed by atoms with Crippen LogP contribution in [-0.4, -0.2) is 56.0 Å². The van der Waals surface area contributed by atoms with Crippen molar-refractivity contribution in [2.45, 2.75) is 24.8 Å². The summed E-state index contributed by atoms with van der Waals surface area (Å²) in [4.78, 5) is 14.8. The Kier molecular flexibility index (Phi) is 5.74. The second-order valence-corrected chi connectivity index (χ2v) is 8.97. The number of carbonyl (C=O) groups is 1. The molecule has 2 aromatic rings. The Bertz CT molecular complexity index is 1180. The molecule has 2 heterocycles. The Morgan fingerprint density at radius 2 is 1.84 bits per heavy atom. The highest BCUT2D eigenvalue weighted by molar-refractivity contribution is 7.86. The highest BCUT2D eigenvalue weighted by atomic mass is 32.2. The van der Waals surface area contributed by atoms with Crippen LogP contribution < -0.4 is 19.5 Å². The summed E-state index contributed by atoms with van der Waals surface area (Å²) in [5, 5.41) is 1.42. The van der Waals surface area contributed by atoms with E-state index < -0.39 is 27.4 Å². The molecular weight excluding hydrogens is 436 g/mol. The van der Waals surface area contributed by atoms with Gasteiger partial charge in [0.25, 0.3) is 16.0 Å². The molecule has 9 nitrogen and oxygen atoms in total. The number of nitrogens with zero attached hydrogens (tertiary/aromatic N) is 1. The summed E-state index contributed by atoms with van der Waals surface area (Å²) < 4.78 is 50.7. The molecule has 10 heteroatoms. The van der Waals surface area contributed by atoms with Gasteiger partial charge in [0.05, 0.1) is 38.1 Å². The van der Waals surface area contributed by atoms with Gasteiger partial charge in [0.2, 0.25) is 0 Å². The minimum Gasteiger partial charge on any atom is -0.497 e. The van der Waals surface area contributed by atoms with E-state index in [1.54, 1.807) is 32.4 Å². The number of hydrogen-bond acceptors (Lipinski definition) is 7. The SMILES string of the molecule is CCOc1cc2c(cc1OC)C(=O)N1C=C(c3ccc(OC)cc3)C[C@H]1C(S(=O)(=O)O)N2. The number of rotatable bonds is 6. The Labute approximate surface area is 186 Å². The number of benzene rings is 2. The van der Waals surface area contributed by atoms with Crippen molar-refractivity contribution in [2.24, 2.45) is 0 Å². The van der Waals surface area contributed by atoms with Crippen LogP contribution in [0.3, 0.4) is 0 Å². The summed E-state index contributed by atoms with van der Waals surface area (Å²) in [5.74, 6) is 0.982. The van der Waals surface area contributed by atoms with Gasteiger partial charge in [0.15, 0.2) is 16.9 Å². The van der Waals surface area contributed by atoms with E-state index in [1.165, 1.54) is 24.1 Å². The zero-order valence-corrected chi connectivity index (χ0v) is 18.7. The Hall–Kier alpha value is -3.24. The van der Waals surface area contributed by atoms with Crippen LogP contribution in [0.25, 0.3) is 5.57 Å². The minimum absolute atomic E-state index is 0.216. The number of anilines is 1. The van der Waals surface area contributed by atoms with Crippen LogP contribution in [0.5, 0.6) is 17.2 Å². The largest absolute Gasteiger partial charge is 0.497 e. The molecule has 0 spiro atoms. The second kappa shape index (κ2) is 8.36. The predicted molar refractivity (Wildman–Crippen MR) is 119 cm³/mol. The molecule has 0 saturated heterocycles. The molecule has 2 aromatic carbocycles. The van der Waals surface area contributed by atoms with Gasteiger partial charge in [-0.15, -0.1) is 0 Å². The number of hydrogen-bond donors (Lipinski definition) is 2. The smallest absolute Gasteiger partial charge is 0.288 e. The first-order valence-corrected chi connectivity index (χ1v) is 11.5. The summed E-state index contributed by atoms with van der Waals surface area (Å²) in [5.41, 5.74) is 2.05. The van der Waals surface area contributed by atoms with Crippen molar-refractivity contribution in [3.63, 3.8) is 0 Å². The quantitative estimate of drug-likeness (QED) is 0.633. The number of fused-ring (bicyclic) bond motifs is 2. The molecule has 0 aliphatic carbocycles. The third-order valence-corrected chi connectivity index (χ3v) is 6.65. The second-order valence-electron chi connectivity index (χ2n) is 7.43. The van der Waals surface area contributed by atoms with Crippen LogP contribution in [0.1, 0.15) is 29.3 Å². The molecule has 0 aromatic heterocycles. The molecule has 0 radical (unpaired) electrons. The fourth-order valence-corrected chi connectivity index (χ4v) is 4.95. The van der Waals surface area contributed by atoms with Crippen LogP contribution in [0.4, 0.5) is 5.69 Å². The molecule has 0 saturated carbocycles. The summed E-state index contributed by atoms with van der Waals surface area (Å²) in [6, 6.07) is 9.43. The lowest BCUT2D eigenvalue weighted by molar-refractivity contribution is 0.0790. The Balaban J connectivity index is 1.81. The van der Waals surface area contributed by atoms with Gasteiger partial charge in [-0.25, -0.2) is 0 Å². The van der Waals surface area contributed by atoms with Gasteiger partial charge in [-0.05, 0) is 42.7 Å². The van der Waals surface area contributed by atoms with Gasteiger partial charge in [-0.1, -0.05) is 12.1 Å². The van der Waals surface area contributed by atoms with Crippen molar-refractivity contribution in [1.82, 2.24) is 4.90 Å². The van der Waals surface area contributed by atoms with E-state index in [0.717, 1.165) is 11.1 Å². The van der Waals surface area contributed by atoms with E-state index in [2.05, 4.69) is 5.32 Å². The fourth-order valence-electron chi connectivity index (χ4n) is 4.05. The first kappa shape index (κ1) is 22.0. The van der Waals surface area contributed by atoms with Crippen molar-refractivity contribution >= 4 is 27.3 Å². The monoisotopic (exact) mass is 460 g/mol. The third-order valence-electron chi connectivity index (χ3n) is 5.58. The lowest BCUT2D eigenvalue weighted by Gasteiger charge is -2.26. The van der Waals surface area contributed by atoms with E-state index >= 15 is 0 Å². The van der Waals surface area contributed by atoms with Gasteiger partial charge in [0, 0.05) is 12.3 Å². The highest BCUT2D eigenvalue weighted by Crippen LogP contribution is 2.41. The number of carbonyl (C=O) groups excluding carboxylic acids is 1. The van der Waals surface area contributed by atoms with Crippen LogP contribution in [0.2, 0.25) is 0 Å². The van der Waals surface area contributed by atoms with Crippen LogP contribution in [0.15, 0.2) is 42.6 Å². The molecule has 0 fully saturated rings. The molecule has 170 valence electrons. The molecule has 1 amide bonds. The molecule has 2 atom stereocenters. The number of amides is 1. The molecule has 32 heavy (non-hydrogen) atoms.